The van der Waals surface area contributed by atoms with Gasteiger partial charge in [-0.05, 0) is 25.2 Å². The second-order valence-electron chi connectivity index (χ2n) is 8.16. The highest BCUT2D eigenvalue weighted by Crippen LogP contribution is 2.26. The molecule has 2 rings (SSSR count). The van der Waals surface area contributed by atoms with Gasteiger partial charge < -0.3 is 14.2 Å². The van der Waals surface area contributed by atoms with E-state index in [1.165, 1.54) is 17.7 Å². The maximum absolute atomic E-state index is 13.2. The third kappa shape index (κ3) is 6.83. The van der Waals surface area contributed by atoms with E-state index < -0.39 is 6.04 Å². The smallest absolute Gasteiger partial charge is 0.286 e. The zero-order valence-electron chi connectivity index (χ0n) is 17.8. The fourth-order valence-corrected chi connectivity index (χ4v) is 4.28. The number of aromatic nitrogens is 2. The first-order chi connectivity index (χ1) is 13.8. The molecule has 0 aliphatic heterocycles. The lowest BCUT2D eigenvalue weighted by molar-refractivity contribution is -0.126. The SMILES string of the molecule is CC(C)C[C@@H](C(=O)c1nnc(SCC(=O)N(C)C)o1)N(C=O)C1CCCCCC1. The monoisotopic (exact) mass is 424 g/mol. The van der Waals surface area contributed by atoms with Gasteiger partial charge in [0.05, 0.1) is 5.75 Å². The number of nitrogens with zero attached hydrogens (tertiary/aromatic N) is 4. The number of hydrogen-bond donors (Lipinski definition) is 0. The van der Waals surface area contributed by atoms with Crippen molar-refractivity contribution in [3.8, 4) is 0 Å². The van der Waals surface area contributed by atoms with Crippen LogP contribution >= 0.6 is 11.8 Å². The topological polar surface area (TPSA) is 96.6 Å². The molecule has 1 aliphatic rings. The van der Waals surface area contributed by atoms with Crippen molar-refractivity contribution in [2.24, 2.45) is 5.92 Å². The molecule has 29 heavy (non-hydrogen) atoms. The standard InChI is InChI=1S/C20H32N4O4S/c1-14(2)11-16(24(13-25)15-9-7-5-6-8-10-15)18(27)19-21-22-20(28-19)29-12-17(26)23(3)4/h13-16H,5-12H2,1-4H3/t16-/m0/s1. The van der Waals surface area contributed by atoms with Crippen molar-refractivity contribution in [2.75, 3.05) is 19.8 Å². The van der Waals surface area contributed by atoms with Crippen LogP contribution < -0.4 is 0 Å². The summed E-state index contributed by atoms with van der Waals surface area (Å²) in [5, 5.41) is 7.96. The fourth-order valence-electron chi connectivity index (χ4n) is 3.54. The van der Waals surface area contributed by atoms with E-state index in [9.17, 15) is 14.4 Å². The van der Waals surface area contributed by atoms with Crippen molar-refractivity contribution < 1.29 is 18.8 Å². The first-order valence-electron chi connectivity index (χ1n) is 10.3. The summed E-state index contributed by atoms with van der Waals surface area (Å²) >= 11 is 1.10. The summed E-state index contributed by atoms with van der Waals surface area (Å²) in [6.45, 7) is 4.05. The Morgan fingerprint density at radius 2 is 1.83 bits per heavy atom. The summed E-state index contributed by atoms with van der Waals surface area (Å²) in [4.78, 5) is 40.0. The van der Waals surface area contributed by atoms with Crippen molar-refractivity contribution in [3.05, 3.63) is 5.89 Å². The van der Waals surface area contributed by atoms with Crippen LogP contribution in [0.1, 0.15) is 69.5 Å². The molecule has 0 aromatic carbocycles. The lowest BCUT2D eigenvalue weighted by atomic mass is 9.95. The van der Waals surface area contributed by atoms with Crippen molar-refractivity contribution in [3.63, 3.8) is 0 Å². The van der Waals surface area contributed by atoms with Crippen molar-refractivity contribution >= 4 is 29.9 Å². The molecule has 162 valence electrons. The lowest BCUT2D eigenvalue weighted by Crippen LogP contribution is -2.47. The number of carbonyl (C=O) groups excluding carboxylic acids is 3. The number of Topliss-reactive ketones (excluding diaryl/α,β-unsaturated/α-hetero) is 1. The van der Waals surface area contributed by atoms with Crippen molar-refractivity contribution in [1.29, 1.82) is 0 Å². The van der Waals surface area contributed by atoms with Gasteiger partial charge in [0.1, 0.15) is 6.04 Å². The van der Waals surface area contributed by atoms with Crippen LogP contribution in [0, 0.1) is 5.92 Å². The molecule has 0 saturated heterocycles. The Morgan fingerprint density at radius 1 is 1.17 bits per heavy atom. The third-order valence-corrected chi connectivity index (χ3v) is 5.96. The van der Waals surface area contributed by atoms with E-state index in [4.69, 9.17) is 4.42 Å². The minimum atomic E-state index is -0.614. The number of hydrogen-bond acceptors (Lipinski definition) is 7. The summed E-state index contributed by atoms with van der Waals surface area (Å²) in [6.07, 6.45) is 7.65. The summed E-state index contributed by atoms with van der Waals surface area (Å²) < 4.78 is 5.52. The normalized spacial score (nSPS) is 16.3. The molecule has 8 nitrogen and oxygen atoms in total. The summed E-state index contributed by atoms with van der Waals surface area (Å²) in [6, 6.07) is -0.547. The molecule has 0 bridgehead atoms. The van der Waals surface area contributed by atoms with Crippen LogP contribution in [-0.2, 0) is 9.59 Å². The van der Waals surface area contributed by atoms with Crippen LogP contribution in [0.2, 0.25) is 0 Å². The molecule has 1 saturated carbocycles. The highest BCUT2D eigenvalue weighted by atomic mass is 32.2. The van der Waals surface area contributed by atoms with E-state index in [0.717, 1.165) is 43.9 Å². The Balaban J connectivity index is 2.15. The number of carbonyl (C=O) groups is 3. The predicted octanol–water partition coefficient (Wildman–Crippen LogP) is 3.03. The van der Waals surface area contributed by atoms with Crippen LogP contribution in [0.15, 0.2) is 9.64 Å². The van der Waals surface area contributed by atoms with Gasteiger partial charge in [-0.3, -0.25) is 14.4 Å². The van der Waals surface area contributed by atoms with E-state index in [2.05, 4.69) is 10.2 Å². The van der Waals surface area contributed by atoms with Gasteiger partial charge in [-0.25, -0.2) is 0 Å². The van der Waals surface area contributed by atoms with Crippen LogP contribution in [0.3, 0.4) is 0 Å². The van der Waals surface area contributed by atoms with E-state index in [1.807, 2.05) is 13.8 Å². The first-order valence-corrected chi connectivity index (χ1v) is 11.3. The van der Waals surface area contributed by atoms with Crippen LogP contribution in [0.25, 0.3) is 0 Å². The molecule has 9 heteroatoms. The molecule has 2 amide bonds. The molecular formula is C20H32N4O4S. The van der Waals surface area contributed by atoms with Crippen LogP contribution in [0.4, 0.5) is 0 Å². The Hall–Kier alpha value is -1.90. The lowest BCUT2D eigenvalue weighted by Gasteiger charge is -2.34. The Morgan fingerprint density at radius 3 is 2.38 bits per heavy atom. The first kappa shape index (κ1) is 23.4. The minimum Gasteiger partial charge on any atom is -0.408 e. The Kier molecular flexibility index (Phi) is 9.13. The van der Waals surface area contributed by atoms with Gasteiger partial charge in [-0.15, -0.1) is 10.2 Å². The van der Waals surface area contributed by atoms with Gasteiger partial charge >= 0.3 is 0 Å². The van der Waals surface area contributed by atoms with Gasteiger partial charge in [0, 0.05) is 20.1 Å². The molecular weight excluding hydrogens is 392 g/mol. The molecule has 1 aromatic heterocycles. The molecule has 1 fully saturated rings. The van der Waals surface area contributed by atoms with Crippen molar-refractivity contribution in [1.82, 2.24) is 20.0 Å². The highest BCUT2D eigenvalue weighted by Gasteiger charge is 2.34. The van der Waals surface area contributed by atoms with Gasteiger partial charge in [0.25, 0.3) is 11.1 Å². The number of rotatable bonds is 10. The molecule has 0 radical (unpaired) electrons. The maximum atomic E-state index is 13.2. The van der Waals surface area contributed by atoms with Gasteiger partial charge in [0.2, 0.25) is 18.1 Å². The maximum Gasteiger partial charge on any atom is 0.286 e. The Bertz CT molecular complexity index is 684. The summed E-state index contributed by atoms with van der Waals surface area (Å²) in [7, 11) is 3.34. The number of ketones is 1. The zero-order chi connectivity index (χ0) is 21.4. The molecule has 1 heterocycles. The molecule has 1 aliphatic carbocycles. The second-order valence-corrected chi connectivity index (χ2v) is 9.08. The fraction of sp³-hybridized carbons (Fsp3) is 0.750. The number of amides is 2. The Labute approximate surface area is 176 Å². The van der Waals surface area contributed by atoms with E-state index in [1.54, 1.807) is 19.0 Å². The van der Waals surface area contributed by atoms with Gasteiger partial charge in [-0.1, -0.05) is 51.3 Å². The minimum absolute atomic E-state index is 0.0668. The quantitative estimate of drug-likeness (QED) is 0.246. The third-order valence-electron chi connectivity index (χ3n) is 5.16. The number of thioether (sulfide) groups is 1. The van der Waals surface area contributed by atoms with Crippen LogP contribution in [-0.4, -0.2) is 70.0 Å². The van der Waals surface area contributed by atoms with E-state index in [0.29, 0.717) is 6.42 Å². The molecule has 0 spiro atoms. The molecule has 0 unspecified atom stereocenters. The average molecular weight is 425 g/mol. The molecule has 1 aromatic rings. The largest absolute Gasteiger partial charge is 0.408 e. The van der Waals surface area contributed by atoms with Crippen LogP contribution in [0.5, 0.6) is 0 Å². The van der Waals surface area contributed by atoms with E-state index >= 15 is 0 Å². The van der Waals surface area contributed by atoms with Gasteiger partial charge in [0.15, 0.2) is 0 Å². The zero-order valence-corrected chi connectivity index (χ0v) is 18.6. The summed E-state index contributed by atoms with van der Waals surface area (Å²) in [5.41, 5.74) is 0. The van der Waals surface area contributed by atoms with Crippen molar-refractivity contribution in [2.45, 2.75) is 76.1 Å². The highest BCUT2D eigenvalue weighted by molar-refractivity contribution is 7.99. The molecule has 0 N–H and O–H groups in total. The van der Waals surface area contributed by atoms with Gasteiger partial charge in [-0.2, -0.15) is 0 Å². The summed E-state index contributed by atoms with van der Waals surface area (Å²) in [5.74, 6) is -0.129. The second kappa shape index (κ2) is 11.3. The van der Waals surface area contributed by atoms with E-state index in [-0.39, 0.29) is 40.5 Å². The predicted molar refractivity (Wildman–Crippen MR) is 111 cm³/mol. The molecule has 1 atom stereocenters. The average Bonchev–Trinajstić information content (AvgIpc) is 2.99.